The third kappa shape index (κ3) is 4.40. The van der Waals surface area contributed by atoms with Gasteiger partial charge in [-0.1, -0.05) is 0 Å². The number of carbonyl (C=O) groups excluding carboxylic acids is 1. The van der Waals surface area contributed by atoms with Crippen molar-refractivity contribution in [2.75, 3.05) is 13.7 Å². The molecule has 0 radical (unpaired) electrons. The number of likely N-dealkylation sites (N-methyl/N-ethyl adjacent to an activating group) is 1. The van der Waals surface area contributed by atoms with Crippen LogP contribution in [-0.4, -0.2) is 30.6 Å². The summed E-state index contributed by atoms with van der Waals surface area (Å²) < 4.78 is 5.03. The summed E-state index contributed by atoms with van der Waals surface area (Å²) in [6, 6.07) is 3.52. The van der Waals surface area contributed by atoms with Crippen LogP contribution in [0.4, 0.5) is 0 Å². The number of methoxy groups -OCH3 is 1. The van der Waals surface area contributed by atoms with E-state index in [0.29, 0.717) is 19.0 Å². The predicted octanol–water partition coefficient (Wildman–Crippen LogP) is 0.704. The minimum Gasteiger partial charge on any atom is -0.481 e. The van der Waals surface area contributed by atoms with Crippen molar-refractivity contribution in [2.24, 2.45) is 0 Å². The van der Waals surface area contributed by atoms with Crippen molar-refractivity contribution < 1.29 is 9.53 Å². The molecule has 17 heavy (non-hydrogen) atoms. The molecule has 1 aromatic rings. The van der Waals surface area contributed by atoms with Gasteiger partial charge in [0.15, 0.2) is 0 Å². The summed E-state index contributed by atoms with van der Waals surface area (Å²) in [4.78, 5) is 15.5. The molecule has 1 rings (SSSR count). The van der Waals surface area contributed by atoms with Crippen LogP contribution in [-0.2, 0) is 11.3 Å². The molecule has 0 aliphatic carbocycles. The standard InChI is InChI=1S/C12H19N3O2/c1-4-13-12(16)9(2)15-8-10-5-6-14-11(7-10)17-3/h5-7,9,15H,4,8H2,1-3H3,(H,13,16). The average Bonchev–Trinajstić information content (AvgIpc) is 2.36. The maximum Gasteiger partial charge on any atom is 0.236 e. The first kappa shape index (κ1) is 13.4. The van der Waals surface area contributed by atoms with Gasteiger partial charge in [-0.2, -0.15) is 0 Å². The summed E-state index contributed by atoms with van der Waals surface area (Å²) in [5, 5.41) is 5.91. The molecule has 0 aliphatic heterocycles. The molecule has 1 unspecified atom stereocenters. The topological polar surface area (TPSA) is 63.2 Å². The maximum atomic E-state index is 11.5. The molecular formula is C12H19N3O2. The van der Waals surface area contributed by atoms with Crippen LogP contribution in [0.1, 0.15) is 19.4 Å². The number of rotatable bonds is 6. The summed E-state index contributed by atoms with van der Waals surface area (Å²) in [7, 11) is 1.58. The first-order valence-corrected chi connectivity index (χ1v) is 5.67. The third-order valence-corrected chi connectivity index (χ3v) is 2.37. The summed E-state index contributed by atoms with van der Waals surface area (Å²) in [5.74, 6) is 0.587. The van der Waals surface area contributed by atoms with Crippen molar-refractivity contribution in [3.8, 4) is 5.88 Å². The van der Waals surface area contributed by atoms with Gasteiger partial charge in [-0.15, -0.1) is 0 Å². The van der Waals surface area contributed by atoms with Crippen LogP contribution in [0.3, 0.4) is 0 Å². The smallest absolute Gasteiger partial charge is 0.236 e. The van der Waals surface area contributed by atoms with Gasteiger partial charge in [-0.3, -0.25) is 4.79 Å². The lowest BCUT2D eigenvalue weighted by molar-refractivity contribution is -0.122. The molecule has 1 atom stereocenters. The Morgan fingerprint density at radius 2 is 2.35 bits per heavy atom. The fourth-order valence-electron chi connectivity index (χ4n) is 1.36. The second-order valence-electron chi connectivity index (χ2n) is 3.70. The first-order valence-electron chi connectivity index (χ1n) is 5.67. The van der Waals surface area contributed by atoms with Crippen LogP contribution in [0.15, 0.2) is 18.3 Å². The molecule has 0 spiro atoms. The summed E-state index contributed by atoms with van der Waals surface area (Å²) in [6.07, 6.45) is 1.69. The molecule has 2 N–H and O–H groups in total. The minimum absolute atomic E-state index is 0.00789. The number of pyridine rings is 1. The maximum absolute atomic E-state index is 11.5. The Bertz CT molecular complexity index is 369. The molecule has 0 aromatic carbocycles. The lowest BCUT2D eigenvalue weighted by Crippen LogP contribution is -2.41. The zero-order chi connectivity index (χ0) is 12.7. The second kappa shape index (κ2) is 6.85. The molecule has 1 aromatic heterocycles. The van der Waals surface area contributed by atoms with Crippen LogP contribution >= 0.6 is 0 Å². The van der Waals surface area contributed by atoms with Crippen molar-refractivity contribution in [1.29, 1.82) is 0 Å². The second-order valence-corrected chi connectivity index (χ2v) is 3.70. The molecule has 0 fully saturated rings. The highest BCUT2D eigenvalue weighted by molar-refractivity contribution is 5.81. The highest BCUT2D eigenvalue weighted by atomic mass is 16.5. The van der Waals surface area contributed by atoms with Crippen molar-refractivity contribution in [3.63, 3.8) is 0 Å². The molecule has 0 saturated heterocycles. The monoisotopic (exact) mass is 237 g/mol. The van der Waals surface area contributed by atoms with Gasteiger partial charge in [-0.05, 0) is 25.5 Å². The van der Waals surface area contributed by atoms with Gasteiger partial charge >= 0.3 is 0 Å². The van der Waals surface area contributed by atoms with Gasteiger partial charge in [-0.25, -0.2) is 4.98 Å². The third-order valence-electron chi connectivity index (χ3n) is 2.37. The van der Waals surface area contributed by atoms with Gasteiger partial charge in [0, 0.05) is 25.4 Å². The number of amides is 1. The Morgan fingerprint density at radius 1 is 1.59 bits per heavy atom. The number of carbonyl (C=O) groups is 1. The number of nitrogens with zero attached hydrogens (tertiary/aromatic N) is 1. The molecule has 1 amide bonds. The summed E-state index contributed by atoms with van der Waals surface area (Å²) >= 11 is 0. The largest absolute Gasteiger partial charge is 0.481 e. The average molecular weight is 237 g/mol. The molecular weight excluding hydrogens is 218 g/mol. The predicted molar refractivity (Wildman–Crippen MR) is 65.8 cm³/mol. The fourth-order valence-corrected chi connectivity index (χ4v) is 1.36. The van der Waals surface area contributed by atoms with E-state index in [-0.39, 0.29) is 11.9 Å². The highest BCUT2D eigenvalue weighted by Gasteiger charge is 2.10. The highest BCUT2D eigenvalue weighted by Crippen LogP contribution is 2.08. The van der Waals surface area contributed by atoms with Gasteiger partial charge in [0.25, 0.3) is 0 Å². The number of aromatic nitrogens is 1. The molecule has 94 valence electrons. The molecule has 5 heteroatoms. The molecule has 5 nitrogen and oxygen atoms in total. The minimum atomic E-state index is -0.214. The van der Waals surface area contributed by atoms with Gasteiger partial charge in [0.2, 0.25) is 11.8 Å². The van der Waals surface area contributed by atoms with Gasteiger partial charge < -0.3 is 15.4 Å². The Balaban J connectivity index is 2.46. The molecule has 1 heterocycles. The first-order chi connectivity index (χ1) is 8.17. The van der Waals surface area contributed by atoms with E-state index in [2.05, 4.69) is 15.6 Å². The van der Waals surface area contributed by atoms with E-state index in [0.717, 1.165) is 5.56 Å². The normalized spacial score (nSPS) is 11.9. The van der Waals surface area contributed by atoms with E-state index in [1.807, 2.05) is 26.0 Å². The van der Waals surface area contributed by atoms with Gasteiger partial charge in [0.1, 0.15) is 0 Å². The van der Waals surface area contributed by atoms with Gasteiger partial charge in [0.05, 0.1) is 13.2 Å². The number of hydrogen-bond donors (Lipinski definition) is 2. The van der Waals surface area contributed by atoms with E-state index in [9.17, 15) is 4.79 Å². The Labute approximate surface area is 102 Å². The Hall–Kier alpha value is -1.62. The quantitative estimate of drug-likeness (QED) is 0.764. The van der Waals surface area contributed by atoms with Crippen LogP contribution in [0.5, 0.6) is 5.88 Å². The fraction of sp³-hybridized carbons (Fsp3) is 0.500. The molecule has 0 bridgehead atoms. The van der Waals surface area contributed by atoms with E-state index < -0.39 is 0 Å². The zero-order valence-corrected chi connectivity index (χ0v) is 10.5. The van der Waals surface area contributed by atoms with Crippen LogP contribution in [0.2, 0.25) is 0 Å². The number of nitrogens with one attached hydrogen (secondary N) is 2. The van der Waals surface area contributed by atoms with Crippen LogP contribution in [0.25, 0.3) is 0 Å². The van der Waals surface area contributed by atoms with E-state index in [1.165, 1.54) is 0 Å². The lowest BCUT2D eigenvalue weighted by Gasteiger charge is -2.13. The van der Waals surface area contributed by atoms with Crippen molar-refractivity contribution in [3.05, 3.63) is 23.9 Å². The lowest BCUT2D eigenvalue weighted by atomic mass is 10.2. The van der Waals surface area contributed by atoms with Crippen LogP contribution < -0.4 is 15.4 Å². The van der Waals surface area contributed by atoms with Crippen molar-refractivity contribution in [2.45, 2.75) is 26.4 Å². The Kier molecular flexibility index (Phi) is 5.42. The van der Waals surface area contributed by atoms with Crippen molar-refractivity contribution >= 4 is 5.91 Å². The molecule has 0 aliphatic rings. The Morgan fingerprint density at radius 3 is 3.00 bits per heavy atom. The number of ether oxygens (including phenoxy) is 1. The van der Waals surface area contributed by atoms with E-state index in [1.54, 1.807) is 13.3 Å². The zero-order valence-electron chi connectivity index (χ0n) is 10.5. The molecule has 0 saturated carbocycles. The summed E-state index contributed by atoms with van der Waals surface area (Å²) in [6.45, 7) is 4.99. The van der Waals surface area contributed by atoms with E-state index in [4.69, 9.17) is 4.74 Å². The van der Waals surface area contributed by atoms with E-state index >= 15 is 0 Å². The van der Waals surface area contributed by atoms with Crippen molar-refractivity contribution in [1.82, 2.24) is 15.6 Å². The van der Waals surface area contributed by atoms with Crippen LogP contribution in [0, 0.1) is 0 Å². The SMILES string of the molecule is CCNC(=O)C(C)NCc1ccnc(OC)c1. The summed E-state index contributed by atoms with van der Waals surface area (Å²) in [5.41, 5.74) is 1.04. The number of hydrogen-bond acceptors (Lipinski definition) is 4.